The fraction of sp³-hybridized carbons (Fsp3) is 0.0556. The van der Waals surface area contributed by atoms with E-state index in [-0.39, 0.29) is 5.76 Å². The zero-order chi connectivity index (χ0) is 18.0. The molecule has 0 aliphatic carbocycles. The minimum absolute atomic E-state index is 0.116. The van der Waals surface area contributed by atoms with Crippen LogP contribution in [-0.4, -0.2) is 17.8 Å². The number of furan rings is 1. The molecule has 0 amide bonds. The number of methoxy groups -OCH3 is 1. The molecule has 0 N–H and O–H groups in total. The lowest BCUT2D eigenvalue weighted by atomic mass is 10.1. The van der Waals surface area contributed by atoms with Gasteiger partial charge in [-0.25, -0.2) is 0 Å². The summed E-state index contributed by atoms with van der Waals surface area (Å²) in [6.07, 6.45) is 2.62. The number of rotatable bonds is 5. The van der Waals surface area contributed by atoms with Crippen molar-refractivity contribution < 1.29 is 24.0 Å². The number of nitrogens with zero attached hydrogens (tertiary/aromatic N) is 1. The standard InChI is InChI=1S/C18H13NO6/c1-24-16-4-2-3-12-10-17(25-18(12)16)15(21)8-6-11-5-7-14(20)13(9-11)19(22)23/h2-10,20H,1H3/p-1/b8-6+. The molecule has 3 aromatic rings. The Morgan fingerprint density at radius 1 is 1.24 bits per heavy atom. The van der Waals surface area contributed by atoms with Gasteiger partial charge in [-0.3, -0.25) is 14.9 Å². The molecule has 1 aromatic heterocycles. The van der Waals surface area contributed by atoms with Gasteiger partial charge in [0, 0.05) is 11.5 Å². The van der Waals surface area contributed by atoms with Crippen LogP contribution in [0.3, 0.4) is 0 Å². The number of benzene rings is 2. The van der Waals surface area contributed by atoms with Crippen LogP contribution in [-0.2, 0) is 0 Å². The van der Waals surface area contributed by atoms with Gasteiger partial charge in [0.2, 0.25) is 5.78 Å². The molecule has 7 nitrogen and oxygen atoms in total. The number of carbonyl (C=O) groups excluding carboxylic acids is 1. The lowest BCUT2D eigenvalue weighted by molar-refractivity contribution is -0.398. The molecular weight excluding hydrogens is 326 g/mol. The van der Waals surface area contributed by atoms with Crippen molar-refractivity contribution in [2.45, 2.75) is 0 Å². The summed E-state index contributed by atoms with van der Waals surface area (Å²) < 4.78 is 10.7. The average Bonchev–Trinajstić information content (AvgIpc) is 3.04. The van der Waals surface area contributed by atoms with Gasteiger partial charge in [0.05, 0.1) is 12.0 Å². The van der Waals surface area contributed by atoms with Crippen LogP contribution in [0.15, 0.2) is 53.0 Å². The van der Waals surface area contributed by atoms with E-state index in [9.17, 15) is 20.0 Å². The molecule has 7 heteroatoms. The lowest BCUT2D eigenvalue weighted by Crippen LogP contribution is -1.97. The Morgan fingerprint density at radius 2 is 2.04 bits per heavy atom. The monoisotopic (exact) mass is 338 g/mol. The number of ether oxygens (including phenoxy) is 1. The third-order valence-corrected chi connectivity index (χ3v) is 3.58. The fourth-order valence-corrected chi connectivity index (χ4v) is 2.35. The van der Waals surface area contributed by atoms with Crippen molar-refractivity contribution in [3.8, 4) is 11.5 Å². The van der Waals surface area contributed by atoms with Gasteiger partial charge in [0.1, 0.15) is 0 Å². The number of ketones is 1. The normalized spacial score (nSPS) is 11.1. The zero-order valence-corrected chi connectivity index (χ0v) is 13.1. The largest absolute Gasteiger partial charge is 0.868 e. The molecule has 0 spiro atoms. The summed E-state index contributed by atoms with van der Waals surface area (Å²) in [6, 6.07) is 10.5. The zero-order valence-electron chi connectivity index (χ0n) is 13.1. The summed E-state index contributed by atoms with van der Waals surface area (Å²) in [5.41, 5.74) is 0.296. The Balaban J connectivity index is 1.88. The van der Waals surface area contributed by atoms with Crippen molar-refractivity contribution >= 4 is 28.5 Å². The topological polar surface area (TPSA) is 106 Å². The van der Waals surface area contributed by atoms with Crippen LogP contribution in [0.4, 0.5) is 5.69 Å². The predicted molar refractivity (Wildman–Crippen MR) is 88.7 cm³/mol. The van der Waals surface area contributed by atoms with Crippen molar-refractivity contribution in [3.05, 3.63) is 70.0 Å². The van der Waals surface area contributed by atoms with Crippen LogP contribution in [0.5, 0.6) is 11.5 Å². The van der Waals surface area contributed by atoms with Crippen LogP contribution >= 0.6 is 0 Å². The van der Waals surface area contributed by atoms with Crippen LogP contribution in [0.1, 0.15) is 16.1 Å². The molecule has 0 aliphatic heterocycles. The van der Waals surface area contributed by atoms with Gasteiger partial charge in [-0.05, 0) is 29.5 Å². The Bertz CT molecular complexity index is 1000. The summed E-state index contributed by atoms with van der Waals surface area (Å²) in [5.74, 6) is -0.460. The molecule has 2 aromatic carbocycles. The molecular formula is C18H12NO6-. The molecule has 0 bridgehead atoms. The third kappa shape index (κ3) is 3.20. The smallest absolute Gasteiger partial charge is 0.262 e. The molecule has 126 valence electrons. The molecule has 0 radical (unpaired) electrons. The number of nitro groups is 1. The van der Waals surface area contributed by atoms with Crippen molar-refractivity contribution in [1.29, 1.82) is 0 Å². The first kappa shape index (κ1) is 16.3. The Morgan fingerprint density at radius 3 is 2.76 bits per heavy atom. The second kappa shape index (κ2) is 6.48. The van der Waals surface area contributed by atoms with E-state index in [0.717, 1.165) is 17.5 Å². The summed E-state index contributed by atoms with van der Waals surface area (Å²) in [5, 5.41) is 22.9. The number of fused-ring (bicyclic) bond motifs is 1. The Hall–Kier alpha value is -3.61. The maximum Gasteiger partial charge on any atom is 0.262 e. The van der Waals surface area contributed by atoms with E-state index in [1.54, 1.807) is 24.3 Å². The van der Waals surface area contributed by atoms with Gasteiger partial charge in [-0.15, -0.1) is 0 Å². The second-order valence-electron chi connectivity index (χ2n) is 5.17. The van der Waals surface area contributed by atoms with E-state index in [0.29, 0.717) is 16.9 Å². The van der Waals surface area contributed by atoms with Gasteiger partial charge in [-0.2, -0.15) is 0 Å². The predicted octanol–water partition coefficient (Wildman–Crippen LogP) is 3.32. The highest BCUT2D eigenvalue weighted by atomic mass is 16.6. The van der Waals surface area contributed by atoms with Gasteiger partial charge in [0.15, 0.2) is 17.1 Å². The van der Waals surface area contributed by atoms with Crippen LogP contribution in [0.25, 0.3) is 17.0 Å². The quantitative estimate of drug-likeness (QED) is 0.306. The summed E-state index contributed by atoms with van der Waals surface area (Å²) in [4.78, 5) is 22.3. The maximum absolute atomic E-state index is 12.3. The first-order valence-electron chi connectivity index (χ1n) is 7.24. The van der Waals surface area contributed by atoms with E-state index in [4.69, 9.17) is 9.15 Å². The molecule has 0 fully saturated rings. The second-order valence-corrected chi connectivity index (χ2v) is 5.17. The average molecular weight is 338 g/mol. The number of nitro benzene ring substituents is 1. The van der Waals surface area contributed by atoms with Gasteiger partial charge in [-0.1, -0.05) is 30.3 Å². The minimum atomic E-state index is -0.757. The first-order chi connectivity index (χ1) is 12.0. The molecule has 0 aliphatic rings. The Kier molecular flexibility index (Phi) is 4.21. The van der Waals surface area contributed by atoms with E-state index >= 15 is 0 Å². The van der Waals surface area contributed by atoms with Crippen LogP contribution in [0, 0.1) is 10.1 Å². The highest BCUT2D eigenvalue weighted by molar-refractivity contribution is 6.07. The SMILES string of the molecule is COc1cccc2cc(C(=O)/C=C/c3ccc([O-])c([N+](=O)[O-])c3)oc12. The van der Waals surface area contributed by atoms with Gasteiger partial charge >= 0.3 is 0 Å². The molecule has 3 rings (SSSR count). The highest BCUT2D eigenvalue weighted by Gasteiger charge is 2.13. The molecule has 1 heterocycles. The molecule has 0 saturated carbocycles. The molecule has 25 heavy (non-hydrogen) atoms. The highest BCUT2D eigenvalue weighted by Crippen LogP contribution is 2.29. The van der Waals surface area contributed by atoms with Gasteiger partial charge in [0.25, 0.3) is 5.69 Å². The minimum Gasteiger partial charge on any atom is -0.868 e. The van der Waals surface area contributed by atoms with Gasteiger partial charge < -0.3 is 14.3 Å². The van der Waals surface area contributed by atoms with E-state index in [2.05, 4.69) is 0 Å². The van der Waals surface area contributed by atoms with Crippen LogP contribution < -0.4 is 9.84 Å². The molecule has 0 atom stereocenters. The summed E-state index contributed by atoms with van der Waals surface area (Å²) in [7, 11) is 1.51. The van der Waals surface area contributed by atoms with Crippen molar-refractivity contribution in [3.63, 3.8) is 0 Å². The van der Waals surface area contributed by atoms with E-state index in [1.165, 1.54) is 25.3 Å². The lowest BCUT2D eigenvalue weighted by Gasteiger charge is -2.05. The van der Waals surface area contributed by atoms with Crippen molar-refractivity contribution in [2.75, 3.05) is 7.11 Å². The fourth-order valence-electron chi connectivity index (χ4n) is 2.35. The number of para-hydroxylation sites is 1. The Labute approximate surface area is 141 Å². The number of hydrogen-bond donors (Lipinski definition) is 0. The first-order valence-corrected chi connectivity index (χ1v) is 7.24. The number of allylic oxidation sites excluding steroid dienone is 1. The maximum atomic E-state index is 12.3. The summed E-state index contributed by atoms with van der Waals surface area (Å²) >= 11 is 0. The van der Waals surface area contributed by atoms with Crippen LogP contribution in [0.2, 0.25) is 0 Å². The number of carbonyl (C=O) groups is 1. The van der Waals surface area contributed by atoms with Crippen molar-refractivity contribution in [1.82, 2.24) is 0 Å². The molecule has 0 unspecified atom stereocenters. The van der Waals surface area contributed by atoms with E-state index < -0.39 is 22.1 Å². The van der Waals surface area contributed by atoms with E-state index in [1.807, 2.05) is 0 Å². The third-order valence-electron chi connectivity index (χ3n) is 3.58. The number of hydrogen-bond acceptors (Lipinski definition) is 6. The van der Waals surface area contributed by atoms with Crippen molar-refractivity contribution in [2.24, 2.45) is 0 Å². The molecule has 0 saturated heterocycles. The summed E-state index contributed by atoms with van der Waals surface area (Å²) in [6.45, 7) is 0.